The third-order valence-corrected chi connectivity index (χ3v) is 2.38. The topological polar surface area (TPSA) is 0 Å². The van der Waals surface area contributed by atoms with Gasteiger partial charge in [-0.1, -0.05) is 37.5 Å². The van der Waals surface area contributed by atoms with Crippen molar-refractivity contribution >= 4 is 0 Å². The second kappa shape index (κ2) is 5.80. The van der Waals surface area contributed by atoms with Crippen molar-refractivity contribution in [2.24, 2.45) is 0 Å². The summed E-state index contributed by atoms with van der Waals surface area (Å²) < 4.78 is 0. The maximum Gasteiger partial charge on any atom is -0.00551 e. The van der Waals surface area contributed by atoms with E-state index in [0.717, 1.165) is 12.8 Å². The van der Waals surface area contributed by atoms with Gasteiger partial charge in [-0.15, -0.1) is 6.58 Å². The van der Waals surface area contributed by atoms with E-state index < -0.39 is 0 Å². The molecule has 0 heterocycles. The summed E-state index contributed by atoms with van der Waals surface area (Å²) in [7, 11) is 0. The normalized spacial score (nSPS) is 15.5. The van der Waals surface area contributed by atoms with Gasteiger partial charge in [0.05, 0.1) is 0 Å². The standard InChI is InChI=1S/C13H19/c1-3-5-6-8-13-10-9-12(11-13)7-4-2/h4,11H,2-3,5-9H2,1H3. The van der Waals surface area contributed by atoms with E-state index in [2.05, 4.69) is 25.7 Å². The number of rotatable bonds is 6. The van der Waals surface area contributed by atoms with E-state index in [1.54, 1.807) is 0 Å². The number of hydrogen-bond acceptors (Lipinski definition) is 0. The predicted molar refractivity (Wildman–Crippen MR) is 58.4 cm³/mol. The van der Waals surface area contributed by atoms with E-state index >= 15 is 0 Å². The van der Waals surface area contributed by atoms with Crippen LogP contribution >= 0.6 is 0 Å². The lowest BCUT2D eigenvalue weighted by Gasteiger charge is -1.97. The van der Waals surface area contributed by atoms with Crippen LogP contribution < -0.4 is 0 Å². The fourth-order valence-corrected chi connectivity index (χ4v) is 1.62. The summed E-state index contributed by atoms with van der Waals surface area (Å²) in [6.45, 7) is 5.99. The molecular formula is C13H19. The number of unbranched alkanes of at least 4 members (excludes halogenated alkanes) is 2. The van der Waals surface area contributed by atoms with Crippen LogP contribution in [0.5, 0.6) is 0 Å². The molecule has 1 radical (unpaired) electrons. The monoisotopic (exact) mass is 175 g/mol. The zero-order valence-corrected chi connectivity index (χ0v) is 8.60. The highest BCUT2D eigenvalue weighted by Gasteiger charge is 2.04. The van der Waals surface area contributed by atoms with Gasteiger partial charge in [0.15, 0.2) is 0 Å². The lowest BCUT2D eigenvalue weighted by molar-refractivity contribution is 0.718. The van der Waals surface area contributed by atoms with Crippen LogP contribution in [0, 0.1) is 6.08 Å². The lowest BCUT2D eigenvalue weighted by Crippen LogP contribution is -1.78. The first-order valence-electron chi connectivity index (χ1n) is 5.27. The van der Waals surface area contributed by atoms with Gasteiger partial charge in [-0.3, -0.25) is 0 Å². The van der Waals surface area contributed by atoms with Gasteiger partial charge >= 0.3 is 0 Å². The summed E-state index contributed by atoms with van der Waals surface area (Å²) >= 11 is 0. The average Bonchev–Trinajstić information content (AvgIpc) is 2.54. The molecule has 0 atom stereocenters. The molecule has 0 unspecified atom stereocenters. The van der Waals surface area contributed by atoms with Crippen molar-refractivity contribution in [2.75, 3.05) is 0 Å². The number of allylic oxidation sites excluding steroid dienone is 5. The lowest BCUT2D eigenvalue weighted by atomic mass is 10.1. The predicted octanol–water partition coefficient (Wildman–Crippen LogP) is 4.20. The van der Waals surface area contributed by atoms with Crippen LogP contribution in [-0.4, -0.2) is 0 Å². The average molecular weight is 175 g/mol. The smallest absolute Gasteiger partial charge is 0.00551 e. The van der Waals surface area contributed by atoms with E-state index in [9.17, 15) is 0 Å². The van der Waals surface area contributed by atoms with Gasteiger partial charge in [-0.25, -0.2) is 0 Å². The van der Waals surface area contributed by atoms with Gasteiger partial charge in [-0.05, 0) is 37.3 Å². The molecular weight excluding hydrogens is 156 g/mol. The molecule has 1 rings (SSSR count). The maximum atomic E-state index is 3.75. The molecule has 0 heteroatoms. The van der Waals surface area contributed by atoms with Crippen molar-refractivity contribution in [2.45, 2.75) is 45.4 Å². The minimum atomic E-state index is 1.03. The Bertz CT molecular complexity index is 218. The zero-order valence-electron chi connectivity index (χ0n) is 8.60. The van der Waals surface area contributed by atoms with E-state index in [1.165, 1.54) is 36.8 Å². The molecule has 0 aromatic heterocycles. The maximum absolute atomic E-state index is 3.75. The van der Waals surface area contributed by atoms with Crippen LogP contribution in [0.3, 0.4) is 0 Å². The van der Waals surface area contributed by atoms with Crippen LogP contribution in [0.25, 0.3) is 0 Å². The molecule has 0 fully saturated rings. The van der Waals surface area contributed by atoms with Gasteiger partial charge in [0, 0.05) is 0 Å². The van der Waals surface area contributed by atoms with Gasteiger partial charge in [0.1, 0.15) is 0 Å². The Labute approximate surface area is 82.0 Å². The first kappa shape index (κ1) is 10.3. The summed E-state index contributed by atoms with van der Waals surface area (Å²) in [6, 6.07) is 0. The molecule has 1 aliphatic rings. The van der Waals surface area contributed by atoms with Crippen LogP contribution in [-0.2, 0) is 0 Å². The third kappa shape index (κ3) is 3.63. The van der Waals surface area contributed by atoms with Crippen LogP contribution in [0.15, 0.2) is 29.9 Å². The highest BCUT2D eigenvalue weighted by atomic mass is 14.1. The first-order valence-corrected chi connectivity index (χ1v) is 5.27. The molecule has 0 aromatic carbocycles. The fraction of sp³-hybridized carbons (Fsp3) is 0.538. The van der Waals surface area contributed by atoms with Crippen molar-refractivity contribution < 1.29 is 0 Å². The minimum absolute atomic E-state index is 1.03. The van der Waals surface area contributed by atoms with Crippen molar-refractivity contribution in [3.05, 3.63) is 36.0 Å². The Morgan fingerprint density at radius 1 is 1.54 bits per heavy atom. The van der Waals surface area contributed by atoms with Crippen LogP contribution in [0.1, 0.15) is 45.4 Å². The summed E-state index contributed by atoms with van der Waals surface area (Å²) in [5.41, 5.74) is 2.90. The zero-order chi connectivity index (χ0) is 9.52. The van der Waals surface area contributed by atoms with E-state index in [4.69, 9.17) is 0 Å². The molecule has 0 bridgehead atoms. The van der Waals surface area contributed by atoms with Gasteiger partial charge in [0.25, 0.3) is 0 Å². The molecule has 13 heavy (non-hydrogen) atoms. The molecule has 0 N–H and O–H groups in total. The second-order valence-corrected chi connectivity index (χ2v) is 3.63. The molecule has 0 amide bonds. The quantitative estimate of drug-likeness (QED) is 0.419. The molecule has 0 aromatic rings. The second-order valence-electron chi connectivity index (χ2n) is 3.63. The van der Waals surface area contributed by atoms with Gasteiger partial charge in [-0.2, -0.15) is 0 Å². The highest BCUT2D eigenvalue weighted by molar-refractivity contribution is 5.30. The van der Waals surface area contributed by atoms with Gasteiger partial charge < -0.3 is 0 Å². The Hall–Kier alpha value is -0.780. The van der Waals surface area contributed by atoms with Crippen molar-refractivity contribution in [1.82, 2.24) is 0 Å². The third-order valence-electron chi connectivity index (χ3n) is 2.38. The fourth-order valence-electron chi connectivity index (χ4n) is 1.62. The Morgan fingerprint density at radius 2 is 2.38 bits per heavy atom. The SMILES string of the molecule is C=CCC1=CC(CCCCC)=[C]C1. The van der Waals surface area contributed by atoms with Gasteiger partial charge in [0.2, 0.25) is 0 Å². The molecule has 1 aliphatic carbocycles. The summed E-state index contributed by atoms with van der Waals surface area (Å²) in [4.78, 5) is 0. The molecule has 0 saturated heterocycles. The Balaban J connectivity index is 2.25. The Morgan fingerprint density at radius 3 is 3.08 bits per heavy atom. The molecule has 0 aliphatic heterocycles. The molecule has 0 nitrogen and oxygen atoms in total. The van der Waals surface area contributed by atoms with Crippen molar-refractivity contribution in [3.8, 4) is 0 Å². The van der Waals surface area contributed by atoms with Crippen molar-refractivity contribution in [1.29, 1.82) is 0 Å². The first-order chi connectivity index (χ1) is 6.36. The summed E-state index contributed by atoms with van der Waals surface area (Å²) in [6.07, 6.45) is 14.9. The molecule has 71 valence electrons. The summed E-state index contributed by atoms with van der Waals surface area (Å²) in [5, 5.41) is 0. The van der Waals surface area contributed by atoms with Crippen LogP contribution in [0.2, 0.25) is 0 Å². The summed E-state index contributed by atoms with van der Waals surface area (Å²) in [5.74, 6) is 0. The van der Waals surface area contributed by atoms with Crippen LogP contribution in [0.4, 0.5) is 0 Å². The van der Waals surface area contributed by atoms with Crippen molar-refractivity contribution in [3.63, 3.8) is 0 Å². The van der Waals surface area contributed by atoms with E-state index in [1.807, 2.05) is 6.08 Å². The van der Waals surface area contributed by atoms with E-state index in [-0.39, 0.29) is 0 Å². The van der Waals surface area contributed by atoms with E-state index in [0.29, 0.717) is 0 Å². The highest BCUT2D eigenvalue weighted by Crippen LogP contribution is 2.23. The number of hydrogen-bond donors (Lipinski definition) is 0. The largest absolute Gasteiger partial charge is 0.103 e. The molecule has 0 saturated carbocycles. The molecule has 0 spiro atoms. The minimum Gasteiger partial charge on any atom is -0.103 e. The Kier molecular flexibility index (Phi) is 4.59.